The number of aliphatic hydroxyl groups is 1. The van der Waals surface area contributed by atoms with Gasteiger partial charge in [-0.3, -0.25) is 0 Å². The SMILES string of the molecule is CC(C)(C)N(C[C@H](O)c1cccc(Cl)c1)C(=O)OCCc1ccc(O)cc1. The van der Waals surface area contributed by atoms with Crippen LogP contribution in [0.2, 0.25) is 5.02 Å². The summed E-state index contributed by atoms with van der Waals surface area (Å²) in [5.41, 5.74) is 1.09. The zero-order chi connectivity index (χ0) is 20.0. The third-order valence-electron chi connectivity index (χ3n) is 4.17. The molecule has 0 radical (unpaired) electrons. The molecule has 0 aliphatic heterocycles. The topological polar surface area (TPSA) is 70.0 Å². The van der Waals surface area contributed by atoms with Gasteiger partial charge < -0.3 is 19.8 Å². The highest BCUT2D eigenvalue weighted by atomic mass is 35.5. The van der Waals surface area contributed by atoms with E-state index in [4.69, 9.17) is 16.3 Å². The van der Waals surface area contributed by atoms with Gasteiger partial charge in [0.05, 0.1) is 19.3 Å². The van der Waals surface area contributed by atoms with Crippen molar-refractivity contribution in [3.63, 3.8) is 0 Å². The van der Waals surface area contributed by atoms with Gasteiger partial charge in [0.25, 0.3) is 0 Å². The van der Waals surface area contributed by atoms with Crippen LogP contribution in [0.4, 0.5) is 4.79 Å². The molecule has 2 aromatic carbocycles. The van der Waals surface area contributed by atoms with E-state index >= 15 is 0 Å². The zero-order valence-electron chi connectivity index (χ0n) is 15.9. The van der Waals surface area contributed by atoms with E-state index in [1.54, 1.807) is 48.5 Å². The van der Waals surface area contributed by atoms with Gasteiger partial charge >= 0.3 is 6.09 Å². The lowest BCUT2D eigenvalue weighted by Gasteiger charge is -2.36. The van der Waals surface area contributed by atoms with Crippen LogP contribution in [0, 0.1) is 0 Å². The zero-order valence-corrected chi connectivity index (χ0v) is 16.6. The van der Waals surface area contributed by atoms with Crippen LogP contribution >= 0.6 is 11.6 Å². The van der Waals surface area contributed by atoms with Gasteiger partial charge in [0, 0.05) is 17.0 Å². The third kappa shape index (κ3) is 6.45. The lowest BCUT2D eigenvalue weighted by atomic mass is 10.0. The Morgan fingerprint density at radius 1 is 1.19 bits per heavy atom. The fourth-order valence-electron chi connectivity index (χ4n) is 2.61. The average Bonchev–Trinajstić information content (AvgIpc) is 2.60. The summed E-state index contributed by atoms with van der Waals surface area (Å²) in [5, 5.41) is 20.4. The second-order valence-electron chi connectivity index (χ2n) is 7.38. The molecule has 6 heteroatoms. The van der Waals surface area contributed by atoms with Crippen molar-refractivity contribution in [1.29, 1.82) is 0 Å². The van der Waals surface area contributed by atoms with Gasteiger partial charge in [-0.15, -0.1) is 0 Å². The molecular formula is C21H26ClNO4. The highest BCUT2D eigenvalue weighted by Crippen LogP contribution is 2.23. The molecule has 0 aliphatic carbocycles. The first kappa shape index (κ1) is 21.1. The number of carbonyl (C=O) groups excluding carboxylic acids is 1. The molecular weight excluding hydrogens is 366 g/mol. The van der Waals surface area contributed by atoms with Crippen LogP contribution in [0.25, 0.3) is 0 Å². The standard InChI is InChI=1S/C21H26ClNO4/c1-21(2,3)23(14-19(25)16-5-4-6-17(22)13-16)20(26)27-12-11-15-7-9-18(24)10-8-15/h4-10,13,19,24-25H,11-12,14H2,1-3H3/t19-/m0/s1. The predicted molar refractivity (Wildman–Crippen MR) is 106 cm³/mol. The van der Waals surface area contributed by atoms with E-state index in [0.29, 0.717) is 17.0 Å². The molecule has 0 saturated heterocycles. The number of aliphatic hydroxyl groups excluding tert-OH is 1. The maximum absolute atomic E-state index is 12.6. The van der Waals surface area contributed by atoms with E-state index in [1.807, 2.05) is 20.8 Å². The number of carbonyl (C=O) groups is 1. The van der Waals surface area contributed by atoms with Crippen molar-refractivity contribution >= 4 is 17.7 Å². The highest BCUT2D eigenvalue weighted by Gasteiger charge is 2.30. The molecule has 2 aromatic rings. The number of β-amino-alcohol motifs (C(OH)–C–C–N with tert-alkyl or cyclic N) is 1. The molecule has 1 amide bonds. The Balaban J connectivity index is 1.98. The van der Waals surface area contributed by atoms with Crippen molar-refractivity contribution < 1.29 is 19.7 Å². The van der Waals surface area contributed by atoms with Gasteiger partial charge in [0.2, 0.25) is 0 Å². The first-order valence-electron chi connectivity index (χ1n) is 8.82. The number of halogens is 1. The Bertz CT molecular complexity index is 756. The minimum Gasteiger partial charge on any atom is -0.508 e. The lowest BCUT2D eigenvalue weighted by Crippen LogP contribution is -2.48. The Kier molecular flexibility index (Phi) is 7.11. The van der Waals surface area contributed by atoms with Crippen molar-refractivity contribution in [3.05, 3.63) is 64.7 Å². The van der Waals surface area contributed by atoms with Crippen LogP contribution in [0.3, 0.4) is 0 Å². The lowest BCUT2D eigenvalue weighted by molar-refractivity contribution is 0.0368. The Labute approximate surface area is 165 Å². The summed E-state index contributed by atoms with van der Waals surface area (Å²) in [6.07, 6.45) is -0.809. The number of rotatable bonds is 6. The molecule has 1 atom stereocenters. The minimum absolute atomic E-state index is 0.0991. The summed E-state index contributed by atoms with van der Waals surface area (Å²) in [5.74, 6) is 0.199. The van der Waals surface area contributed by atoms with Gasteiger partial charge in [-0.05, 0) is 56.2 Å². The molecule has 0 aliphatic rings. The normalized spacial score (nSPS) is 12.5. The van der Waals surface area contributed by atoms with Crippen LogP contribution in [0.15, 0.2) is 48.5 Å². The Hall–Kier alpha value is -2.24. The smallest absolute Gasteiger partial charge is 0.410 e. The number of hydrogen-bond donors (Lipinski definition) is 2. The molecule has 2 N–H and O–H groups in total. The number of aromatic hydroxyl groups is 1. The maximum atomic E-state index is 12.6. The van der Waals surface area contributed by atoms with Gasteiger partial charge in [0.1, 0.15) is 5.75 Å². The molecule has 0 heterocycles. The fraction of sp³-hybridized carbons (Fsp3) is 0.381. The van der Waals surface area contributed by atoms with Crippen molar-refractivity contribution in [3.8, 4) is 5.75 Å². The number of hydrogen-bond acceptors (Lipinski definition) is 4. The largest absolute Gasteiger partial charge is 0.508 e. The number of ether oxygens (including phenoxy) is 1. The molecule has 0 bridgehead atoms. The van der Waals surface area contributed by atoms with Crippen molar-refractivity contribution in [2.24, 2.45) is 0 Å². The molecule has 0 spiro atoms. The van der Waals surface area contributed by atoms with E-state index in [-0.39, 0.29) is 18.9 Å². The van der Waals surface area contributed by atoms with Crippen LogP contribution < -0.4 is 0 Å². The summed E-state index contributed by atoms with van der Waals surface area (Å²) in [6.45, 7) is 5.97. The second-order valence-corrected chi connectivity index (χ2v) is 7.82. The van der Waals surface area contributed by atoms with Crippen LogP contribution in [-0.2, 0) is 11.2 Å². The predicted octanol–water partition coefficient (Wildman–Crippen LogP) is 4.56. The number of phenolic OH excluding ortho intramolecular Hbond substituents is 1. The summed E-state index contributed by atoms with van der Waals surface area (Å²) >= 11 is 5.98. The maximum Gasteiger partial charge on any atom is 0.410 e. The molecule has 0 aromatic heterocycles. The number of phenols is 1. The average molecular weight is 392 g/mol. The van der Waals surface area contributed by atoms with Gasteiger partial charge in [-0.25, -0.2) is 4.79 Å². The van der Waals surface area contributed by atoms with E-state index < -0.39 is 17.7 Å². The Morgan fingerprint density at radius 2 is 1.85 bits per heavy atom. The fourth-order valence-corrected chi connectivity index (χ4v) is 2.81. The number of benzene rings is 2. The summed E-state index contributed by atoms with van der Waals surface area (Å²) in [6, 6.07) is 13.7. The second kappa shape index (κ2) is 9.11. The first-order chi connectivity index (χ1) is 12.7. The van der Waals surface area contributed by atoms with Crippen molar-refractivity contribution in [2.45, 2.75) is 38.8 Å². The summed E-state index contributed by atoms with van der Waals surface area (Å²) in [7, 11) is 0. The van der Waals surface area contributed by atoms with Gasteiger partial charge in [-0.1, -0.05) is 35.9 Å². The third-order valence-corrected chi connectivity index (χ3v) is 4.41. The van der Waals surface area contributed by atoms with Gasteiger partial charge in [-0.2, -0.15) is 0 Å². The summed E-state index contributed by atoms with van der Waals surface area (Å²) in [4.78, 5) is 14.1. The Morgan fingerprint density at radius 3 is 2.44 bits per heavy atom. The van der Waals surface area contributed by atoms with E-state index in [0.717, 1.165) is 5.56 Å². The van der Waals surface area contributed by atoms with E-state index in [9.17, 15) is 15.0 Å². The number of nitrogens with zero attached hydrogens (tertiary/aromatic N) is 1. The number of amides is 1. The van der Waals surface area contributed by atoms with E-state index in [2.05, 4.69) is 0 Å². The molecule has 0 fully saturated rings. The molecule has 0 unspecified atom stereocenters. The quantitative estimate of drug-likeness (QED) is 0.757. The van der Waals surface area contributed by atoms with Gasteiger partial charge in [0.15, 0.2) is 0 Å². The molecule has 146 valence electrons. The van der Waals surface area contributed by atoms with Crippen LogP contribution in [0.1, 0.15) is 38.0 Å². The molecule has 5 nitrogen and oxygen atoms in total. The summed E-state index contributed by atoms with van der Waals surface area (Å²) < 4.78 is 5.41. The molecule has 0 saturated carbocycles. The van der Waals surface area contributed by atoms with E-state index in [1.165, 1.54) is 4.90 Å². The van der Waals surface area contributed by atoms with Crippen molar-refractivity contribution in [1.82, 2.24) is 4.90 Å². The highest BCUT2D eigenvalue weighted by molar-refractivity contribution is 6.30. The monoisotopic (exact) mass is 391 g/mol. The minimum atomic E-state index is -0.868. The van der Waals surface area contributed by atoms with Crippen molar-refractivity contribution in [2.75, 3.05) is 13.2 Å². The molecule has 27 heavy (non-hydrogen) atoms. The molecule has 2 rings (SSSR count). The van der Waals surface area contributed by atoms with Crippen LogP contribution in [-0.4, -0.2) is 39.9 Å². The van der Waals surface area contributed by atoms with Crippen LogP contribution in [0.5, 0.6) is 5.75 Å². The first-order valence-corrected chi connectivity index (χ1v) is 9.20.